The molecule has 6 heteroatoms. The predicted octanol–water partition coefficient (Wildman–Crippen LogP) is 3.42. The Labute approximate surface area is 174 Å². The number of nitrogens with two attached hydrogens (primary N) is 1. The molecule has 150 valence electrons. The zero-order valence-corrected chi connectivity index (χ0v) is 16.4. The van der Waals surface area contributed by atoms with Gasteiger partial charge in [-0.3, -0.25) is 9.78 Å². The number of hydrogen-bond acceptors (Lipinski definition) is 4. The standard InChI is InChI=1S/C24H22N4O2/c25-19(8-18-11-27-23-4-2-1-3-21(18)23)14-30-20-9-16(10-26-13-20)15-5-6-22-17(7-15)12-28-24(22)29/h1-7,9-11,13,19,27H,8,12,14,25H2,(H,28,29). The zero-order valence-electron chi connectivity index (χ0n) is 16.4. The lowest BCUT2D eigenvalue weighted by molar-refractivity contribution is 0.0966. The Kier molecular flexibility index (Phi) is 4.69. The molecule has 2 aromatic heterocycles. The minimum Gasteiger partial charge on any atom is -0.490 e. The Balaban J connectivity index is 1.26. The molecule has 3 heterocycles. The van der Waals surface area contributed by atoms with E-state index in [1.807, 2.05) is 42.6 Å². The summed E-state index contributed by atoms with van der Waals surface area (Å²) in [6, 6.07) is 15.8. The Bertz CT molecular complexity index is 1230. The lowest BCUT2D eigenvalue weighted by atomic mass is 10.0. The van der Waals surface area contributed by atoms with Crippen LogP contribution in [0.3, 0.4) is 0 Å². The molecule has 1 atom stereocenters. The zero-order chi connectivity index (χ0) is 20.5. The fourth-order valence-corrected chi connectivity index (χ4v) is 3.91. The van der Waals surface area contributed by atoms with E-state index in [1.165, 1.54) is 10.9 Å². The number of nitrogens with zero attached hydrogens (tertiary/aromatic N) is 1. The number of amides is 1. The maximum absolute atomic E-state index is 11.7. The molecular weight excluding hydrogens is 376 g/mol. The molecule has 0 saturated carbocycles. The normalized spacial score (nSPS) is 13.8. The van der Waals surface area contributed by atoms with Crippen molar-refractivity contribution in [2.45, 2.75) is 19.0 Å². The molecule has 4 aromatic rings. The number of H-pyrrole nitrogens is 1. The number of para-hydroxylation sites is 1. The van der Waals surface area contributed by atoms with E-state index in [0.29, 0.717) is 18.9 Å². The molecule has 1 unspecified atom stereocenters. The van der Waals surface area contributed by atoms with Crippen LogP contribution in [0.25, 0.3) is 22.0 Å². The van der Waals surface area contributed by atoms with Crippen molar-refractivity contribution in [3.8, 4) is 16.9 Å². The molecule has 0 saturated heterocycles. The van der Waals surface area contributed by atoms with Gasteiger partial charge in [-0.25, -0.2) is 0 Å². The van der Waals surface area contributed by atoms with E-state index in [9.17, 15) is 4.79 Å². The Hall–Kier alpha value is -3.64. The van der Waals surface area contributed by atoms with Gasteiger partial charge < -0.3 is 20.8 Å². The van der Waals surface area contributed by atoms with Crippen LogP contribution >= 0.6 is 0 Å². The average Bonchev–Trinajstić information content (AvgIpc) is 3.36. The van der Waals surface area contributed by atoms with Gasteiger partial charge in [0, 0.05) is 47.0 Å². The summed E-state index contributed by atoms with van der Waals surface area (Å²) in [5.41, 5.74) is 12.3. The molecule has 0 bridgehead atoms. The van der Waals surface area contributed by atoms with E-state index in [-0.39, 0.29) is 11.9 Å². The summed E-state index contributed by atoms with van der Waals surface area (Å²) in [4.78, 5) is 19.3. The molecule has 4 N–H and O–H groups in total. The molecule has 5 rings (SSSR count). The fraction of sp³-hybridized carbons (Fsp3) is 0.167. The van der Waals surface area contributed by atoms with Crippen molar-refractivity contribution in [1.29, 1.82) is 0 Å². The van der Waals surface area contributed by atoms with Crippen LogP contribution in [0, 0.1) is 0 Å². The van der Waals surface area contributed by atoms with Crippen LogP contribution in [0.1, 0.15) is 21.5 Å². The molecular formula is C24H22N4O2. The highest BCUT2D eigenvalue weighted by atomic mass is 16.5. The number of hydrogen-bond donors (Lipinski definition) is 3. The highest BCUT2D eigenvalue weighted by Crippen LogP contribution is 2.27. The first-order valence-corrected chi connectivity index (χ1v) is 9.97. The van der Waals surface area contributed by atoms with Crippen molar-refractivity contribution >= 4 is 16.8 Å². The van der Waals surface area contributed by atoms with Crippen LogP contribution in [0.2, 0.25) is 0 Å². The SMILES string of the molecule is NC(COc1cncc(-c2ccc3c(c2)CNC3=O)c1)Cc1c[nH]c2ccccc12. The van der Waals surface area contributed by atoms with Crippen LogP contribution in [0.4, 0.5) is 0 Å². The number of nitrogens with one attached hydrogen (secondary N) is 2. The van der Waals surface area contributed by atoms with Crippen LogP contribution in [0.15, 0.2) is 67.1 Å². The van der Waals surface area contributed by atoms with Gasteiger partial charge in [0.05, 0.1) is 6.20 Å². The number of carbonyl (C=O) groups is 1. The minimum atomic E-state index is -0.134. The molecule has 0 radical (unpaired) electrons. The summed E-state index contributed by atoms with van der Waals surface area (Å²) in [5.74, 6) is 0.660. The lowest BCUT2D eigenvalue weighted by Gasteiger charge is -2.13. The molecule has 1 aliphatic rings. The number of ether oxygens (including phenoxy) is 1. The van der Waals surface area contributed by atoms with Gasteiger partial charge in [-0.15, -0.1) is 0 Å². The van der Waals surface area contributed by atoms with Gasteiger partial charge >= 0.3 is 0 Å². The molecule has 6 nitrogen and oxygen atoms in total. The molecule has 2 aromatic carbocycles. The van der Waals surface area contributed by atoms with Crippen molar-refractivity contribution in [3.63, 3.8) is 0 Å². The third-order valence-corrected chi connectivity index (χ3v) is 5.46. The fourth-order valence-electron chi connectivity index (χ4n) is 3.91. The van der Waals surface area contributed by atoms with Crippen molar-refractivity contribution in [2.24, 2.45) is 5.73 Å². The van der Waals surface area contributed by atoms with Crippen molar-refractivity contribution < 1.29 is 9.53 Å². The number of rotatable bonds is 6. The number of aromatic nitrogens is 2. The highest BCUT2D eigenvalue weighted by Gasteiger charge is 2.19. The summed E-state index contributed by atoms with van der Waals surface area (Å²) in [6.07, 6.45) is 6.23. The highest BCUT2D eigenvalue weighted by molar-refractivity contribution is 5.98. The van der Waals surface area contributed by atoms with E-state index in [1.54, 1.807) is 12.4 Å². The van der Waals surface area contributed by atoms with Gasteiger partial charge in [0.2, 0.25) is 0 Å². The van der Waals surface area contributed by atoms with Crippen LogP contribution in [-0.2, 0) is 13.0 Å². The third kappa shape index (κ3) is 3.53. The van der Waals surface area contributed by atoms with Crippen molar-refractivity contribution in [2.75, 3.05) is 6.61 Å². The Morgan fingerprint density at radius 2 is 2.00 bits per heavy atom. The van der Waals surface area contributed by atoms with Crippen molar-refractivity contribution in [3.05, 3.63) is 83.8 Å². The Morgan fingerprint density at radius 1 is 1.10 bits per heavy atom. The number of benzene rings is 2. The van der Waals surface area contributed by atoms with E-state index in [2.05, 4.69) is 27.4 Å². The second kappa shape index (κ2) is 7.65. The average molecular weight is 398 g/mol. The smallest absolute Gasteiger partial charge is 0.251 e. The van der Waals surface area contributed by atoms with Crippen molar-refractivity contribution in [1.82, 2.24) is 15.3 Å². The van der Waals surface area contributed by atoms with Gasteiger partial charge in [0.25, 0.3) is 5.91 Å². The quantitative estimate of drug-likeness (QED) is 0.464. The van der Waals surface area contributed by atoms with Crippen LogP contribution < -0.4 is 15.8 Å². The molecule has 1 aliphatic heterocycles. The van der Waals surface area contributed by atoms with Crippen LogP contribution in [-0.4, -0.2) is 28.5 Å². The molecule has 1 amide bonds. The number of aromatic amines is 1. The second-order valence-corrected chi connectivity index (χ2v) is 7.60. The first kappa shape index (κ1) is 18.4. The Morgan fingerprint density at radius 3 is 2.93 bits per heavy atom. The number of fused-ring (bicyclic) bond motifs is 2. The largest absolute Gasteiger partial charge is 0.490 e. The van der Waals surface area contributed by atoms with Gasteiger partial charge in [-0.2, -0.15) is 0 Å². The maximum Gasteiger partial charge on any atom is 0.251 e. The predicted molar refractivity (Wildman–Crippen MR) is 116 cm³/mol. The lowest BCUT2D eigenvalue weighted by Crippen LogP contribution is -2.30. The van der Waals surface area contributed by atoms with E-state index in [0.717, 1.165) is 34.2 Å². The van der Waals surface area contributed by atoms with E-state index in [4.69, 9.17) is 10.5 Å². The molecule has 30 heavy (non-hydrogen) atoms. The summed E-state index contributed by atoms with van der Waals surface area (Å²) >= 11 is 0. The summed E-state index contributed by atoms with van der Waals surface area (Å²) < 4.78 is 5.94. The first-order chi connectivity index (χ1) is 14.7. The van der Waals surface area contributed by atoms with Gasteiger partial charge in [-0.1, -0.05) is 24.3 Å². The first-order valence-electron chi connectivity index (χ1n) is 9.97. The van der Waals surface area contributed by atoms with Gasteiger partial charge in [0.1, 0.15) is 12.4 Å². The minimum absolute atomic E-state index is 0.0176. The van der Waals surface area contributed by atoms with E-state index < -0.39 is 0 Å². The van der Waals surface area contributed by atoms with Gasteiger partial charge in [-0.05, 0) is 47.4 Å². The number of pyridine rings is 1. The second-order valence-electron chi connectivity index (χ2n) is 7.60. The summed E-state index contributed by atoms with van der Waals surface area (Å²) in [7, 11) is 0. The number of carbonyl (C=O) groups excluding carboxylic acids is 1. The van der Waals surface area contributed by atoms with Gasteiger partial charge in [0.15, 0.2) is 0 Å². The van der Waals surface area contributed by atoms with E-state index >= 15 is 0 Å². The molecule has 0 fully saturated rings. The topological polar surface area (TPSA) is 93.0 Å². The maximum atomic E-state index is 11.7. The summed E-state index contributed by atoms with van der Waals surface area (Å²) in [6.45, 7) is 0.960. The summed E-state index contributed by atoms with van der Waals surface area (Å²) in [5, 5.41) is 4.04. The molecule has 0 aliphatic carbocycles. The monoisotopic (exact) mass is 398 g/mol. The molecule has 0 spiro atoms. The van der Waals surface area contributed by atoms with Crippen LogP contribution in [0.5, 0.6) is 5.75 Å². The third-order valence-electron chi connectivity index (χ3n) is 5.46.